The van der Waals surface area contributed by atoms with Gasteiger partial charge in [-0.25, -0.2) is 9.18 Å². The number of amides is 2. The van der Waals surface area contributed by atoms with E-state index in [1.807, 2.05) is 30.5 Å². The number of hydrogen-bond acceptors (Lipinski definition) is 3. The van der Waals surface area contributed by atoms with Crippen molar-refractivity contribution in [2.45, 2.75) is 5.92 Å². The number of anilines is 1. The fourth-order valence-electron chi connectivity index (χ4n) is 3.77. The van der Waals surface area contributed by atoms with Gasteiger partial charge in [0, 0.05) is 41.3 Å². The number of hydrogen-bond donors (Lipinski definition) is 3. The average molecular weight is 433 g/mol. The van der Waals surface area contributed by atoms with Gasteiger partial charge in [0.15, 0.2) is 11.5 Å². The van der Waals surface area contributed by atoms with Gasteiger partial charge in [-0.1, -0.05) is 30.3 Å². The number of aromatic nitrogens is 1. The van der Waals surface area contributed by atoms with Gasteiger partial charge in [-0.15, -0.1) is 0 Å². The fraction of sp³-hybridized carbons (Fsp3) is 0.160. The zero-order valence-corrected chi connectivity index (χ0v) is 17.8. The molecule has 6 nitrogen and oxygen atoms in total. The largest absolute Gasteiger partial charge is 0.493 e. The molecule has 0 saturated heterocycles. The second-order valence-corrected chi connectivity index (χ2v) is 7.30. The van der Waals surface area contributed by atoms with Crippen molar-refractivity contribution < 1.29 is 18.7 Å². The third-order valence-electron chi connectivity index (χ3n) is 5.38. The maximum atomic E-state index is 13.5. The molecular formula is C25H24FN3O3. The molecule has 1 atom stereocenters. The molecule has 0 saturated carbocycles. The first kappa shape index (κ1) is 21.2. The van der Waals surface area contributed by atoms with Crippen molar-refractivity contribution in [1.82, 2.24) is 10.3 Å². The van der Waals surface area contributed by atoms with Crippen LogP contribution in [0, 0.1) is 5.82 Å². The maximum Gasteiger partial charge on any atom is 0.319 e. The van der Waals surface area contributed by atoms with Crippen molar-refractivity contribution in [1.29, 1.82) is 0 Å². The van der Waals surface area contributed by atoms with Gasteiger partial charge < -0.3 is 25.1 Å². The number of ether oxygens (including phenoxy) is 2. The summed E-state index contributed by atoms with van der Waals surface area (Å²) in [7, 11) is 3.09. The molecule has 7 heteroatoms. The summed E-state index contributed by atoms with van der Waals surface area (Å²) in [5.74, 6) is 0.635. The van der Waals surface area contributed by atoms with Crippen LogP contribution in [0.25, 0.3) is 10.9 Å². The lowest BCUT2D eigenvalue weighted by atomic mass is 9.91. The van der Waals surface area contributed by atoms with E-state index in [1.165, 1.54) is 19.2 Å². The van der Waals surface area contributed by atoms with E-state index in [4.69, 9.17) is 9.47 Å². The van der Waals surface area contributed by atoms with Crippen LogP contribution in [0.3, 0.4) is 0 Å². The third kappa shape index (κ3) is 4.51. The molecule has 164 valence electrons. The molecule has 0 aliphatic rings. The molecule has 2 amide bonds. The minimum atomic E-state index is -0.357. The van der Waals surface area contributed by atoms with Crippen LogP contribution < -0.4 is 20.1 Å². The lowest BCUT2D eigenvalue weighted by Crippen LogP contribution is -2.32. The Kier molecular flexibility index (Phi) is 6.26. The van der Waals surface area contributed by atoms with Crippen molar-refractivity contribution in [2.75, 3.05) is 26.1 Å². The van der Waals surface area contributed by atoms with Crippen LogP contribution >= 0.6 is 0 Å². The summed E-state index contributed by atoms with van der Waals surface area (Å²) in [5.41, 5.74) is 3.51. The summed E-state index contributed by atoms with van der Waals surface area (Å²) in [6.45, 7) is 0.326. The maximum absolute atomic E-state index is 13.5. The number of benzene rings is 3. The van der Waals surface area contributed by atoms with Gasteiger partial charge in [0.1, 0.15) is 5.82 Å². The summed E-state index contributed by atoms with van der Waals surface area (Å²) >= 11 is 0. The molecule has 0 fully saturated rings. The van der Waals surface area contributed by atoms with E-state index in [9.17, 15) is 9.18 Å². The Hall–Kier alpha value is -4.00. The summed E-state index contributed by atoms with van der Waals surface area (Å²) in [4.78, 5) is 15.9. The van der Waals surface area contributed by atoms with Crippen molar-refractivity contribution in [3.8, 4) is 11.5 Å². The highest BCUT2D eigenvalue weighted by atomic mass is 19.1. The molecule has 0 bridgehead atoms. The molecule has 0 radical (unpaired) electrons. The van der Waals surface area contributed by atoms with Crippen molar-refractivity contribution in [3.63, 3.8) is 0 Å². The predicted octanol–water partition coefficient (Wildman–Crippen LogP) is 5.28. The van der Waals surface area contributed by atoms with Crippen molar-refractivity contribution >= 4 is 22.6 Å². The zero-order valence-electron chi connectivity index (χ0n) is 17.8. The van der Waals surface area contributed by atoms with E-state index >= 15 is 0 Å². The van der Waals surface area contributed by atoms with E-state index < -0.39 is 0 Å². The SMILES string of the molecule is COc1ccc(NC(=O)NC[C@@H](c2ccc(F)cc2)c2c[nH]c3ccccc23)cc1OC. The number of halogens is 1. The van der Waals surface area contributed by atoms with Crippen LogP contribution in [0.2, 0.25) is 0 Å². The highest BCUT2D eigenvalue weighted by molar-refractivity contribution is 5.90. The molecule has 0 unspecified atom stereocenters. The van der Waals surface area contributed by atoms with Gasteiger partial charge >= 0.3 is 6.03 Å². The molecule has 0 aliphatic carbocycles. The van der Waals surface area contributed by atoms with Crippen LogP contribution in [0.5, 0.6) is 11.5 Å². The van der Waals surface area contributed by atoms with Crippen LogP contribution in [-0.2, 0) is 0 Å². The molecule has 3 N–H and O–H groups in total. The average Bonchev–Trinajstić information content (AvgIpc) is 3.24. The lowest BCUT2D eigenvalue weighted by Gasteiger charge is -2.19. The third-order valence-corrected chi connectivity index (χ3v) is 5.38. The predicted molar refractivity (Wildman–Crippen MR) is 123 cm³/mol. The summed E-state index contributed by atoms with van der Waals surface area (Å²) in [6.07, 6.45) is 1.94. The van der Waals surface area contributed by atoms with Gasteiger partial charge in [0.25, 0.3) is 0 Å². The van der Waals surface area contributed by atoms with Gasteiger partial charge in [0.05, 0.1) is 14.2 Å². The molecule has 4 rings (SSSR count). The summed E-state index contributed by atoms with van der Waals surface area (Å²) in [6, 6.07) is 19.1. The van der Waals surface area contributed by atoms with E-state index in [0.717, 1.165) is 22.0 Å². The first-order chi connectivity index (χ1) is 15.6. The van der Waals surface area contributed by atoms with Gasteiger partial charge in [-0.3, -0.25) is 0 Å². The summed E-state index contributed by atoms with van der Waals surface area (Å²) in [5, 5.41) is 6.81. The molecule has 0 spiro atoms. The van der Waals surface area contributed by atoms with E-state index in [-0.39, 0.29) is 17.8 Å². The number of H-pyrrole nitrogens is 1. The molecule has 1 aromatic heterocycles. The molecule has 3 aromatic carbocycles. The number of fused-ring (bicyclic) bond motifs is 1. The topological polar surface area (TPSA) is 75.4 Å². The van der Waals surface area contributed by atoms with Crippen LogP contribution in [0.1, 0.15) is 17.0 Å². The van der Waals surface area contributed by atoms with Gasteiger partial charge in [0.2, 0.25) is 0 Å². The van der Waals surface area contributed by atoms with Gasteiger partial charge in [-0.05, 0) is 41.5 Å². The first-order valence-electron chi connectivity index (χ1n) is 10.2. The Morgan fingerprint density at radius 3 is 2.50 bits per heavy atom. The number of carbonyl (C=O) groups excluding carboxylic acids is 1. The van der Waals surface area contributed by atoms with E-state index in [0.29, 0.717) is 23.7 Å². The number of nitrogens with one attached hydrogen (secondary N) is 3. The normalized spacial score (nSPS) is 11.7. The minimum Gasteiger partial charge on any atom is -0.493 e. The first-order valence-corrected chi connectivity index (χ1v) is 10.2. The molecular weight excluding hydrogens is 409 g/mol. The quantitative estimate of drug-likeness (QED) is 0.371. The Labute approximate surface area is 185 Å². The summed E-state index contributed by atoms with van der Waals surface area (Å²) < 4.78 is 24.0. The Morgan fingerprint density at radius 1 is 1.00 bits per heavy atom. The second-order valence-electron chi connectivity index (χ2n) is 7.30. The van der Waals surface area contributed by atoms with E-state index in [2.05, 4.69) is 15.6 Å². The van der Waals surface area contributed by atoms with Crippen LogP contribution in [-0.4, -0.2) is 31.8 Å². The van der Waals surface area contributed by atoms with Crippen LogP contribution in [0.15, 0.2) is 72.9 Å². The minimum absolute atomic E-state index is 0.164. The monoisotopic (exact) mass is 433 g/mol. The lowest BCUT2D eigenvalue weighted by molar-refractivity contribution is 0.252. The highest BCUT2D eigenvalue weighted by Gasteiger charge is 2.19. The van der Waals surface area contributed by atoms with Crippen molar-refractivity contribution in [2.24, 2.45) is 0 Å². The number of rotatable bonds is 7. The smallest absolute Gasteiger partial charge is 0.319 e. The number of para-hydroxylation sites is 1. The zero-order chi connectivity index (χ0) is 22.5. The fourth-order valence-corrected chi connectivity index (χ4v) is 3.77. The number of urea groups is 1. The molecule has 1 heterocycles. The van der Waals surface area contributed by atoms with Crippen LogP contribution in [0.4, 0.5) is 14.9 Å². The Balaban J connectivity index is 1.54. The number of carbonyl (C=O) groups is 1. The number of methoxy groups -OCH3 is 2. The molecule has 4 aromatic rings. The Morgan fingerprint density at radius 2 is 1.75 bits per heavy atom. The van der Waals surface area contributed by atoms with E-state index in [1.54, 1.807) is 37.4 Å². The second kappa shape index (κ2) is 9.43. The number of aromatic amines is 1. The standard InChI is InChI=1S/C25H24FN3O3/c1-31-23-12-11-18(13-24(23)32-2)29-25(30)28-14-20(16-7-9-17(26)10-8-16)21-15-27-22-6-4-3-5-19(21)22/h3-13,15,20,27H,14H2,1-2H3,(H2,28,29,30)/t20-/m0/s1. The molecule has 0 aliphatic heterocycles. The van der Waals surface area contributed by atoms with Gasteiger partial charge in [-0.2, -0.15) is 0 Å². The van der Waals surface area contributed by atoms with Crippen molar-refractivity contribution in [3.05, 3.63) is 89.9 Å². The Bertz CT molecular complexity index is 1220. The molecule has 32 heavy (non-hydrogen) atoms. The highest BCUT2D eigenvalue weighted by Crippen LogP contribution is 2.31.